The number of anilines is 2. The number of hydrogen-bond donors (Lipinski definition) is 1. The van der Waals surface area contributed by atoms with Crippen molar-refractivity contribution < 1.29 is 13.2 Å². The van der Waals surface area contributed by atoms with Crippen molar-refractivity contribution in [2.24, 2.45) is 5.92 Å². The van der Waals surface area contributed by atoms with Crippen molar-refractivity contribution >= 4 is 27.1 Å². The Bertz CT molecular complexity index is 1010. The fraction of sp³-hybridized carbons (Fsp3) is 0.458. The van der Waals surface area contributed by atoms with Crippen LogP contribution in [0.25, 0.3) is 0 Å². The van der Waals surface area contributed by atoms with Crippen molar-refractivity contribution in [3.8, 4) is 0 Å². The summed E-state index contributed by atoms with van der Waals surface area (Å²) in [4.78, 5) is 14.0. The number of benzene rings is 2. The Morgan fingerprint density at radius 3 is 2.60 bits per heavy atom. The average Bonchev–Trinajstić information content (AvgIpc) is 2.79. The molecule has 0 unspecified atom stereocenters. The van der Waals surface area contributed by atoms with Gasteiger partial charge in [0, 0.05) is 38.3 Å². The maximum absolute atomic E-state index is 13.3. The molecule has 1 aliphatic rings. The van der Waals surface area contributed by atoms with Crippen LogP contribution in [0.2, 0.25) is 0 Å². The van der Waals surface area contributed by atoms with Crippen LogP contribution in [0.3, 0.4) is 0 Å². The molecule has 1 N–H and O–H groups in total. The van der Waals surface area contributed by atoms with Gasteiger partial charge in [0.25, 0.3) is 0 Å². The summed E-state index contributed by atoms with van der Waals surface area (Å²) in [7, 11) is 0.565. The predicted octanol–water partition coefficient (Wildman–Crippen LogP) is 4.83. The fourth-order valence-corrected chi connectivity index (χ4v) is 6.28. The first kappa shape index (κ1) is 22.3. The van der Waals surface area contributed by atoms with Gasteiger partial charge in [-0.1, -0.05) is 31.9 Å². The Labute approximate surface area is 180 Å². The first-order chi connectivity index (χ1) is 14.2. The third-order valence-electron chi connectivity index (χ3n) is 5.82. The minimum atomic E-state index is -3.36. The highest BCUT2D eigenvalue weighted by Gasteiger charge is 2.34. The standard InChI is InChI=1S/C24H32N2O3S/c1-5-6-8-18-13-22(19-9-7-10-20(14-19)25-17(2)27)23-15-21(26(3)4)11-12-24(23)30(28,29)16-18/h7,9-12,14-15,18,22H,5-6,8,13,16H2,1-4H3,(H,25,27)/t18-,22+/m0/s1. The van der Waals surface area contributed by atoms with E-state index in [9.17, 15) is 13.2 Å². The molecule has 0 aliphatic carbocycles. The van der Waals surface area contributed by atoms with Gasteiger partial charge in [-0.05, 0) is 60.2 Å². The van der Waals surface area contributed by atoms with Crippen LogP contribution in [-0.2, 0) is 14.6 Å². The van der Waals surface area contributed by atoms with Gasteiger partial charge in [-0.25, -0.2) is 8.42 Å². The summed E-state index contributed by atoms with van der Waals surface area (Å²) in [6, 6.07) is 13.5. The van der Waals surface area contributed by atoms with Crippen molar-refractivity contribution in [2.75, 3.05) is 30.1 Å². The zero-order chi connectivity index (χ0) is 21.9. The first-order valence-corrected chi connectivity index (χ1v) is 12.3. The van der Waals surface area contributed by atoms with E-state index in [1.54, 1.807) is 6.07 Å². The molecular weight excluding hydrogens is 396 g/mol. The van der Waals surface area contributed by atoms with Crippen molar-refractivity contribution in [1.82, 2.24) is 0 Å². The molecule has 0 saturated carbocycles. The molecule has 2 aromatic carbocycles. The van der Waals surface area contributed by atoms with Crippen molar-refractivity contribution in [3.63, 3.8) is 0 Å². The molecule has 0 aromatic heterocycles. The van der Waals surface area contributed by atoms with Crippen LogP contribution in [0.1, 0.15) is 56.6 Å². The van der Waals surface area contributed by atoms with E-state index in [0.717, 1.165) is 48.2 Å². The lowest BCUT2D eigenvalue weighted by atomic mass is 9.82. The van der Waals surface area contributed by atoms with E-state index in [-0.39, 0.29) is 23.5 Å². The summed E-state index contributed by atoms with van der Waals surface area (Å²) in [5.74, 6) is 0.155. The highest BCUT2D eigenvalue weighted by molar-refractivity contribution is 7.91. The van der Waals surface area contributed by atoms with E-state index in [1.165, 1.54) is 6.92 Å². The van der Waals surface area contributed by atoms with Gasteiger partial charge in [-0.2, -0.15) is 0 Å². The number of hydrogen-bond acceptors (Lipinski definition) is 4. The molecule has 2 atom stereocenters. The maximum Gasteiger partial charge on any atom is 0.221 e. The Morgan fingerprint density at radius 1 is 1.17 bits per heavy atom. The summed E-state index contributed by atoms with van der Waals surface area (Å²) in [6.07, 6.45) is 3.77. The highest BCUT2D eigenvalue weighted by Crippen LogP contribution is 2.42. The maximum atomic E-state index is 13.3. The molecule has 1 heterocycles. The smallest absolute Gasteiger partial charge is 0.221 e. The van der Waals surface area contributed by atoms with Gasteiger partial charge in [0.05, 0.1) is 10.6 Å². The number of nitrogens with one attached hydrogen (secondary N) is 1. The average molecular weight is 429 g/mol. The van der Waals surface area contributed by atoms with Crippen molar-refractivity contribution in [2.45, 2.75) is 50.3 Å². The molecule has 0 fully saturated rings. The number of nitrogens with zero attached hydrogens (tertiary/aromatic N) is 1. The summed E-state index contributed by atoms with van der Waals surface area (Å²) in [5, 5.41) is 2.85. The van der Waals surface area contributed by atoms with Gasteiger partial charge in [-0.15, -0.1) is 0 Å². The molecule has 6 heteroatoms. The molecule has 2 aromatic rings. The predicted molar refractivity (Wildman–Crippen MR) is 123 cm³/mol. The van der Waals surface area contributed by atoms with Crippen LogP contribution >= 0.6 is 0 Å². The number of carbonyl (C=O) groups is 1. The van der Waals surface area contributed by atoms with Gasteiger partial charge in [-0.3, -0.25) is 4.79 Å². The van der Waals surface area contributed by atoms with Crippen LogP contribution in [0.4, 0.5) is 11.4 Å². The molecule has 3 rings (SSSR count). The van der Waals surface area contributed by atoms with E-state index in [0.29, 0.717) is 4.90 Å². The molecule has 0 spiro atoms. The Morgan fingerprint density at radius 2 is 1.93 bits per heavy atom. The van der Waals surface area contributed by atoms with Gasteiger partial charge in [0.1, 0.15) is 0 Å². The molecule has 162 valence electrons. The molecular formula is C24H32N2O3S. The van der Waals surface area contributed by atoms with Gasteiger partial charge in [0.2, 0.25) is 5.91 Å². The lowest BCUT2D eigenvalue weighted by molar-refractivity contribution is -0.114. The SMILES string of the molecule is CCCC[C@H]1C[C@H](c2cccc(NC(C)=O)c2)c2cc(N(C)C)ccc2S(=O)(=O)C1. The van der Waals surface area contributed by atoms with E-state index < -0.39 is 9.84 Å². The number of unbranched alkanes of at least 4 members (excludes halogenated alkanes) is 1. The van der Waals surface area contributed by atoms with E-state index in [1.807, 2.05) is 55.4 Å². The molecule has 1 aliphatic heterocycles. The lowest BCUT2D eigenvalue weighted by Crippen LogP contribution is -2.15. The summed E-state index contributed by atoms with van der Waals surface area (Å²) in [5.41, 5.74) is 3.62. The van der Waals surface area contributed by atoms with Gasteiger partial charge >= 0.3 is 0 Å². The summed E-state index contributed by atoms with van der Waals surface area (Å²) < 4.78 is 26.5. The van der Waals surface area contributed by atoms with Gasteiger partial charge in [0.15, 0.2) is 9.84 Å². The molecule has 5 nitrogen and oxygen atoms in total. The third-order valence-corrected chi connectivity index (χ3v) is 7.77. The summed E-state index contributed by atoms with van der Waals surface area (Å²) in [6.45, 7) is 3.63. The molecule has 30 heavy (non-hydrogen) atoms. The second kappa shape index (κ2) is 9.21. The highest BCUT2D eigenvalue weighted by atomic mass is 32.2. The fourth-order valence-electron chi connectivity index (χ4n) is 4.34. The first-order valence-electron chi connectivity index (χ1n) is 10.6. The van der Waals surface area contributed by atoms with Crippen LogP contribution in [0.15, 0.2) is 47.4 Å². The molecule has 0 radical (unpaired) electrons. The van der Waals surface area contributed by atoms with Gasteiger partial charge < -0.3 is 10.2 Å². The second-order valence-electron chi connectivity index (χ2n) is 8.50. The Kier molecular flexibility index (Phi) is 6.86. The van der Waals surface area contributed by atoms with Crippen LogP contribution in [0, 0.1) is 5.92 Å². The second-order valence-corrected chi connectivity index (χ2v) is 10.5. The van der Waals surface area contributed by atoms with Crippen LogP contribution in [0.5, 0.6) is 0 Å². The minimum absolute atomic E-state index is 0.0345. The van der Waals surface area contributed by atoms with E-state index in [4.69, 9.17) is 0 Å². The Balaban J connectivity index is 2.15. The number of rotatable bonds is 6. The summed E-state index contributed by atoms with van der Waals surface area (Å²) >= 11 is 0. The van der Waals surface area contributed by atoms with Crippen LogP contribution in [-0.4, -0.2) is 34.2 Å². The number of carbonyl (C=O) groups excluding carboxylic acids is 1. The number of amides is 1. The van der Waals surface area contributed by atoms with Crippen LogP contribution < -0.4 is 10.2 Å². The zero-order valence-corrected chi connectivity index (χ0v) is 19.1. The molecule has 0 bridgehead atoms. The van der Waals surface area contributed by atoms with Crippen molar-refractivity contribution in [3.05, 3.63) is 53.6 Å². The minimum Gasteiger partial charge on any atom is -0.378 e. The van der Waals surface area contributed by atoms with E-state index in [2.05, 4.69) is 12.2 Å². The largest absolute Gasteiger partial charge is 0.378 e. The third kappa shape index (κ3) is 5.04. The zero-order valence-electron chi connectivity index (χ0n) is 18.3. The topological polar surface area (TPSA) is 66.5 Å². The molecule has 1 amide bonds. The normalized spacial score (nSPS) is 20.1. The quantitative estimate of drug-likeness (QED) is 0.716. The molecule has 0 saturated heterocycles. The number of fused-ring (bicyclic) bond motifs is 1. The van der Waals surface area contributed by atoms with E-state index >= 15 is 0 Å². The monoisotopic (exact) mass is 428 g/mol. The van der Waals surface area contributed by atoms with Crippen molar-refractivity contribution in [1.29, 1.82) is 0 Å². The lowest BCUT2D eigenvalue weighted by Gasteiger charge is -2.23. The Hall–Kier alpha value is -2.34. The number of sulfone groups is 1.